The third-order valence-corrected chi connectivity index (χ3v) is 4.54. The molecule has 1 atom stereocenters. The number of fused-ring (bicyclic) bond motifs is 1. The number of alkyl carbamates (subject to hydrolysis) is 1. The Kier molecular flexibility index (Phi) is 6.22. The molecule has 3 heterocycles. The van der Waals surface area contributed by atoms with Crippen molar-refractivity contribution in [1.82, 2.24) is 19.9 Å². The van der Waals surface area contributed by atoms with E-state index in [1.807, 2.05) is 25.7 Å². The molecule has 0 aromatic carbocycles. The van der Waals surface area contributed by atoms with Gasteiger partial charge in [0.05, 0.1) is 12.2 Å². The van der Waals surface area contributed by atoms with Crippen molar-refractivity contribution < 1.29 is 19.1 Å². The van der Waals surface area contributed by atoms with Crippen molar-refractivity contribution in [3.05, 3.63) is 17.3 Å². The molecule has 0 unspecified atom stereocenters. The average Bonchev–Trinajstić information content (AvgIpc) is 3.18. The molecule has 170 valence electrons. The maximum atomic E-state index is 12.3. The second kappa shape index (κ2) is 8.41. The summed E-state index contributed by atoms with van der Waals surface area (Å²) >= 11 is 6.24. The van der Waals surface area contributed by atoms with Crippen molar-refractivity contribution in [1.29, 1.82) is 0 Å². The Hall–Kier alpha value is -2.75. The highest BCUT2D eigenvalue weighted by molar-refractivity contribution is 6.33. The number of nitrogens with zero attached hydrogens (tertiary/aromatic N) is 4. The maximum Gasteiger partial charge on any atom is 0.413 e. The lowest BCUT2D eigenvalue weighted by Gasteiger charge is -2.23. The predicted molar refractivity (Wildman–Crippen MR) is 118 cm³/mol. The molecule has 1 fully saturated rings. The third kappa shape index (κ3) is 6.13. The van der Waals surface area contributed by atoms with Crippen molar-refractivity contribution in [2.75, 3.05) is 23.3 Å². The van der Waals surface area contributed by atoms with E-state index < -0.39 is 23.4 Å². The van der Waals surface area contributed by atoms with Crippen LogP contribution in [0.1, 0.15) is 48.0 Å². The van der Waals surface area contributed by atoms with E-state index in [1.165, 1.54) is 10.7 Å². The largest absolute Gasteiger partial charge is 0.444 e. The van der Waals surface area contributed by atoms with Gasteiger partial charge >= 0.3 is 12.2 Å². The van der Waals surface area contributed by atoms with Gasteiger partial charge in [0.2, 0.25) is 0 Å². The van der Waals surface area contributed by atoms with Gasteiger partial charge in [0.15, 0.2) is 5.65 Å². The van der Waals surface area contributed by atoms with Crippen LogP contribution in [0.2, 0.25) is 5.02 Å². The number of nitrogens with one attached hydrogen (secondary N) is 2. The van der Waals surface area contributed by atoms with Gasteiger partial charge in [-0.15, -0.1) is 0 Å². The molecule has 0 aliphatic carbocycles. The summed E-state index contributed by atoms with van der Waals surface area (Å²) in [6.45, 7) is 12.0. The highest BCUT2D eigenvalue weighted by atomic mass is 35.5. The number of anilines is 2. The Bertz CT molecular complexity index is 978. The zero-order valence-corrected chi connectivity index (χ0v) is 19.4. The summed E-state index contributed by atoms with van der Waals surface area (Å²) in [5.41, 5.74) is -0.791. The fourth-order valence-electron chi connectivity index (χ4n) is 3.14. The first kappa shape index (κ1) is 22.9. The molecule has 1 aliphatic heterocycles. The molecule has 2 amide bonds. The number of carbonyl (C=O) groups is 2. The van der Waals surface area contributed by atoms with Gasteiger partial charge in [-0.2, -0.15) is 9.61 Å². The SMILES string of the molecule is CC(C)(C)OC(=O)Nc1cc(N2CC[C@H](NC(=O)OC(C)(C)C)C2)nc2c(Cl)cnn12. The Balaban J connectivity index is 1.77. The highest BCUT2D eigenvalue weighted by Crippen LogP contribution is 2.27. The van der Waals surface area contributed by atoms with E-state index in [1.54, 1.807) is 26.8 Å². The molecule has 1 aliphatic rings. The van der Waals surface area contributed by atoms with Crippen LogP contribution >= 0.6 is 11.6 Å². The van der Waals surface area contributed by atoms with E-state index in [0.29, 0.717) is 35.4 Å². The van der Waals surface area contributed by atoms with Crippen LogP contribution in [0.3, 0.4) is 0 Å². The van der Waals surface area contributed by atoms with Gasteiger partial charge in [-0.25, -0.2) is 14.6 Å². The molecule has 31 heavy (non-hydrogen) atoms. The molecule has 0 bridgehead atoms. The van der Waals surface area contributed by atoms with Crippen molar-refractivity contribution in [2.45, 2.75) is 65.2 Å². The molecular weight excluding hydrogens is 424 g/mol. The van der Waals surface area contributed by atoms with Crippen LogP contribution in [-0.4, -0.2) is 57.1 Å². The van der Waals surface area contributed by atoms with Crippen LogP contribution in [0.15, 0.2) is 12.3 Å². The van der Waals surface area contributed by atoms with Gasteiger partial charge in [-0.1, -0.05) is 11.6 Å². The number of amides is 2. The predicted octanol–water partition coefficient (Wildman–Crippen LogP) is 3.83. The van der Waals surface area contributed by atoms with E-state index in [2.05, 4.69) is 20.7 Å². The molecule has 0 radical (unpaired) electrons. The minimum absolute atomic E-state index is 0.0875. The molecule has 2 aromatic rings. The summed E-state index contributed by atoms with van der Waals surface area (Å²) in [6, 6.07) is 1.62. The summed E-state index contributed by atoms with van der Waals surface area (Å²) in [4.78, 5) is 31.0. The van der Waals surface area contributed by atoms with Crippen molar-refractivity contribution in [3.63, 3.8) is 0 Å². The Morgan fingerprint density at radius 3 is 2.42 bits per heavy atom. The van der Waals surface area contributed by atoms with Gasteiger partial charge in [0.25, 0.3) is 0 Å². The molecule has 11 heteroatoms. The summed E-state index contributed by atoms with van der Waals surface area (Å²) in [6.07, 6.45) is 1.14. The first-order chi connectivity index (χ1) is 14.3. The lowest BCUT2D eigenvalue weighted by Crippen LogP contribution is -2.40. The van der Waals surface area contributed by atoms with Crippen LogP contribution in [0.4, 0.5) is 21.2 Å². The minimum Gasteiger partial charge on any atom is -0.444 e. The van der Waals surface area contributed by atoms with Crippen LogP contribution in [0, 0.1) is 0 Å². The van der Waals surface area contributed by atoms with Crippen LogP contribution < -0.4 is 15.5 Å². The average molecular weight is 453 g/mol. The summed E-state index contributed by atoms with van der Waals surface area (Å²) in [7, 11) is 0. The van der Waals surface area contributed by atoms with Crippen molar-refractivity contribution in [3.8, 4) is 0 Å². The molecule has 0 saturated carbocycles. The fourth-order valence-corrected chi connectivity index (χ4v) is 3.31. The topological polar surface area (TPSA) is 110 Å². The molecule has 2 N–H and O–H groups in total. The number of ether oxygens (including phenoxy) is 2. The normalized spacial score (nSPS) is 17.0. The number of hydrogen-bond acceptors (Lipinski definition) is 7. The Morgan fingerprint density at radius 1 is 1.13 bits per heavy atom. The van der Waals surface area contributed by atoms with Gasteiger partial charge in [0.1, 0.15) is 27.9 Å². The van der Waals surface area contributed by atoms with Crippen LogP contribution in [0.5, 0.6) is 0 Å². The second-order valence-corrected chi connectivity index (χ2v) is 9.84. The lowest BCUT2D eigenvalue weighted by molar-refractivity contribution is 0.0508. The molecule has 0 spiro atoms. The smallest absolute Gasteiger partial charge is 0.413 e. The van der Waals surface area contributed by atoms with Gasteiger partial charge < -0.3 is 19.7 Å². The zero-order chi connectivity index (χ0) is 23.0. The maximum absolute atomic E-state index is 12.3. The van der Waals surface area contributed by atoms with E-state index in [9.17, 15) is 9.59 Å². The molecule has 2 aromatic heterocycles. The highest BCUT2D eigenvalue weighted by Gasteiger charge is 2.28. The van der Waals surface area contributed by atoms with Crippen LogP contribution in [-0.2, 0) is 9.47 Å². The Morgan fingerprint density at radius 2 is 1.77 bits per heavy atom. The summed E-state index contributed by atoms with van der Waals surface area (Å²) in [5, 5.41) is 10.1. The second-order valence-electron chi connectivity index (χ2n) is 9.43. The third-order valence-electron chi connectivity index (χ3n) is 4.28. The molecule has 1 saturated heterocycles. The first-order valence-corrected chi connectivity index (χ1v) is 10.5. The number of halogens is 1. The number of aromatic nitrogens is 3. The zero-order valence-electron chi connectivity index (χ0n) is 18.7. The van der Waals surface area contributed by atoms with Crippen LogP contribution in [0.25, 0.3) is 5.65 Å². The summed E-state index contributed by atoms with van der Waals surface area (Å²) < 4.78 is 12.1. The number of rotatable bonds is 3. The quantitative estimate of drug-likeness (QED) is 0.727. The Labute approximate surface area is 186 Å². The van der Waals surface area contributed by atoms with Gasteiger partial charge in [-0.3, -0.25) is 5.32 Å². The van der Waals surface area contributed by atoms with E-state index >= 15 is 0 Å². The molecular formula is C20H29ClN6O4. The standard InChI is InChI=1S/C20H29ClN6O4/c1-19(2,3)30-17(28)23-12-7-8-26(11-12)14-9-15(25-18(29)31-20(4,5)6)27-16(24-14)13(21)10-22-27/h9-10,12H,7-8,11H2,1-6H3,(H,23,28)(H,25,29)/t12-/m0/s1. The summed E-state index contributed by atoms with van der Waals surface area (Å²) in [5.74, 6) is 0.985. The van der Waals surface area contributed by atoms with Gasteiger partial charge in [0, 0.05) is 19.2 Å². The lowest BCUT2D eigenvalue weighted by atomic mass is 10.2. The van der Waals surface area contributed by atoms with Gasteiger partial charge in [-0.05, 0) is 48.0 Å². The molecule has 3 rings (SSSR count). The van der Waals surface area contributed by atoms with E-state index in [0.717, 1.165) is 6.42 Å². The minimum atomic E-state index is -0.643. The molecule has 10 nitrogen and oxygen atoms in total. The number of carbonyl (C=O) groups excluding carboxylic acids is 2. The number of hydrogen-bond donors (Lipinski definition) is 2. The first-order valence-electron chi connectivity index (χ1n) is 10.1. The van der Waals surface area contributed by atoms with E-state index in [-0.39, 0.29) is 6.04 Å². The fraction of sp³-hybridized carbons (Fsp3) is 0.600. The van der Waals surface area contributed by atoms with Crippen molar-refractivity contribution in [2.24, 2.45) is 0 Å². The van der Waals surface area contributed by atoms with E-state index in [4.69, 9.17) is 21.1 Å². The monoisotopic (exact) mass is 452 g/mol. The van der Waals surface area contributed by atoms with Crippen molar-refractivity contribution >= 4 is 41.1 Å².